The minimum Gasteiger partial charge on any atom is -0.497 e. The van der Waals surface area contributed by atoms with Crippen LogP contribution in [-0.4, -0.2) is 20.5 Å². The van der Waals surface area contributed by atoms with Gasteiger partial charge in [-0.05, 0) is 60.9 Å². The Morgan fingerprint density at radius 3 is 2.03 bits per heavy atom. The number of hydrogen-bond acceptors (Lipinski definition) is 6. The van der Waals surface area contributed by atoms with Gasteiger partial charge in [0.25, 0.3) is 0 Å². The van der Waals surface area contributed by atoms with Crippen LogP contribution < -0.4 is 9.47 Å². The SMILES string of the molecule is COc1ccc(C2=C(C)S/C(=C\S/C(C)=C(\SC)c3ccc(OC)cc3)S2)cc1. The summed E-state index contributed by atoms with van der Waals surface area (Å²) in [6, 6.07) is 16.6. The summed E-state index contributed by atoms with van der Waals surface area (Å²) in [7, 11) is 3.39. The van der Waals surface area contributed by atoms with Crippen molar-refractivity contribution in [2.24, 2.45) is 0 Å². The van der Waals surface area contributed by atoms with E-state index in [9.17, 15) is 0 Å². The average molecular weight is 461 g/mol. The monoisotopic (exact) mass is 460 g/mol. The van der Waals surface area contributed by atoms with Gasteiger partial charge in [-0.3, -0.25) is 0 Å². The van der Waals surface area contributed by atoms with Crippen molar-refractivity contribution >= 4 is 56.9 Å². The van der Waals surface area contributed by atoms with Gasteiger partial charge < -0.3 is 9.47 Å². The summed E-state index contributed by atoms with van der Waals surface area (Å²) in [6.45, 7) is 4.38. The molecule has 0 radical (unpaired) electrons. The summed E-state index contributed by atoms with van der Waals surface area (Å²) in [5, 5.41) is 2.27. The fourth-order valence-electron chi connectivity index (χ4n) is 2.84. The number of ether oxygens (including phenoxy) is 2. The third kappa shape index (κ3) is 5.63. The quantitative estimate of drug-likeness (QED) is 0.412. The van der Waals surface area contributed by atoms with E-state index in [0.717, 1.165) is 11.5 Å². The molecular formula is C23H24O2S4. The molecule has 6 heteroatoms. The van der Waals surface area contributed by atoms with E-state index in [0.29, 0.717) is 0 Å². The number of allylic oxidation sites excluding steroid dienone is 2. The van der Waals surface area contributed by atoms with Crippen molar-refractivity contribution < 1.29 is 9.47 Å². The number of benzene rings is 2. The van der Waals surface area contributed by atoms with Crippen LogP contribution in [0.25, 0.3) is 9.81 Å². The van der Waals surface area contributed by atoms with Gasteiger partial charge in [-0.2, -0.15) is 0 Å². The molecule has 2 aromatic carbocycles. The molecule has 0 aromatic heterocycles. The lowest BCUT2D eigenvalue weighted by atomic mass is 10.2. The second-order valence-electron chi connectivity index (χ2n) is 6.19. The minimum absolute atomic E-state index is 0.882. The lowest BCUT2D eigenvalue weighted by Gasteiger charge is -2.10. The minimum atomic E-state index is 0.882. The first-order valence-electron chi connectivity index (χ1n) is 9.02. The lowest BCUT2D eigenvalue weighted by molar-refractivity contribution is 0.414. The molecule has 0 spiro atoms. The first-order valence-corrected chi connectivity index (χ1v) is 12.8. The van der Waals surface area contributed by atoms with E-state index in [2.05, 4.69) is 49.8 Å². The Kier molecular flexibility index (Phi) is 8.18. The van der Waals surface area contributed by atoms with Crippen molar-refractivity contribution in [1.82, 2.24) is 0 Å². The highest BCUT2D eigenvalue weighted by atomic mass is 32.2. The van der Waals surface area contributed by atoms with Crippen LogP contribution in [0, 0.1) is 0 Å². The molecule has 29 heavy (non-hydrogen) atoms. The molecule has 152 valence electrons. The van der Waals surface area contributed by atoms with E-state index in [1.807, 2.05) is 47.8 Å². The van der Waals surface area contributed by atoms with Crippen LogP contribution in [0.2, 0.25) is 0 Å². The molecule has 0 unspecified atom stereocenters. The third-order valence-corrected chi connectivity index (χ3v) is 9.15. The summed E-state index contributed by atoms with van der Waals surface area (Å²) in [6.07, 6.45) is 2.13. The molecule has 1 aliphatic rings. The van der Waals surface area contributed by atoms with Crippen molar-refractivity contribution in [3.8, 4) is 11.5 Å². The predicted molar refractivity (Wildman–Crippen MR) is 136 cm³/mol. The lowest BCUT2D eigenvalue weighted by Crippen LogP contribution is -1.85. The van der Waals surface area contributed by atoms with Crippen LogP contribution in [0.1, 0.15) is 25.0 Å². The van der Waals surface area contributed by atoms with Gasteiger partial charge in [0.15, 0.2) is 0 Å². The second kappa shape index (κ2) is 10.6. The first kappa shape index (κ1) is 22.3. The normalized spacial score (nSPS) is 16.2. The van der Waals surface area contributed by atoms with E-state index in [1.165, 1.54) is 35.0 Å². The van der Waals surface area contributed by atoms with Gasteiger partial charge in [-0.1, -0.05) is 59.6 Å². The molecule has 2 aromatic rings. The van der Waals surface area contributed by atoms with Crippen LogP contribution in [0.15, 0.2) is 68.0 Å². The molecule has 0 saturated carbocycles. The smallest absolute Gasteiger partial charge is 0.118 e. The summed E-state index contributed by atoms with van der Waals surface area (Å²) in [4.78, 5) is 5.26. The van der Waals surface area contributed by atoms with Gasteiger partial charge in [-0.15, -0.1) is 11.8 Å². The molecule has 0 N–H and O–H groups in total. The molecule has 0 fully saturated rings. The van der Waals surface area contributed by atoms with Gasteiger partial charge in [-0.25, -0.2) is 0 Å². The van der Waals surface area contributed by atoms with Crippen molar-refractivity contribution in [3.63, 3.8) is 0 Å². The van der Waals surface area contributed by atoms with Gasteiger partial charge >= 0.3 is 0 Å². The van der Waals surface area contributed by atoms with E-state index in [-0.39, 0.29) is 0 Å². The first-order chi connectivity index (χ1) is 14.0. The van der Waals surface area contributed by atoms with Gasteiger partial charge in [0, 0.05) is 19.6 Å². The molecule has 0 atom stereocenters. The molecular weight excluding hydrogens is 437 g/mol. The second-order valence-corrected chi connectivity index (χ2v) is 10.7. The van der Waals surface area contributed by atoms with Crippen molar-refractivity contribution in [3.05, 3.63) is 79.1 Å². The van der Waals surface area contributed by atoms with E-state index in [1.54, 1.807) is 37.7 Å². The maximum Gasteiger partial charge on any atom is 0.118 e. The van der Waals surface area contributed by atoms with Crippen LogP contribution in [-0.2, 0) is 0 Å². The molecule has 1 aliphatic heterocycles. The molecule has 3 rings (SSSR count). The summed E-state index contributed by atoms with van der Waals surface area (Å²) < 4.78 is 11.9. The Labute approximate surface area is 190 Å². The maximum absolute atomic E-state index is 5.27. The van der Waals surface area contributed by atoms with Gasteiger partial charge in [0.2, 0.25) is 0 Å². The van der Waals surface area contributed by atoms with Crippen molar-refractivity contribution in [2.75, 3.05) is 20.5 Å². The zero-order valence-electron chi connectivity index (χ0n) is 17.1. The molecule has 2 nitrogen and oxygen atoms in total. The Bertz CT molecular complexity index is 942. The number of methoxy groups -OCH3 is 2. The molecule has 0 amide bonds. The fourth-order valence-corrected chi connectivity index (χ4v) is 7.22. The van der Waals surface area contributed by atoms with E-state index >= 15 is 0 Å². The van der Waals surface area contributed by atoms with E-state index < -0.39 is 0 Å². The largest absolute Gasteiger partial charge is 0.497 e. The molecule has 0 bridgehead atoms. The Morgan fingerprint density at radius 2 is 1.48 bits per heavy atom. The van der Waals surface area contributed by atoms with Gasteiger partial charge in [0.1, 0.15) is 11.5 Å². The average Bonchev–Trinajstić information content (AvgIpc) is 3.14. The molecule has 0 saturated heterocycles. The Balaban J connectivity index is 1.72. The zero-order valence-corrected chi connectivity index (χ0v) is 20.4. The van der Waals surface area contributed by atoms with Crippen molar-refractivity contribution in [2.45, 2.75) is 13.8 Å². The highest BCUT2D eigenvalue weighted by molar-refractivity contribution is 8.32. The van der Waals surface area contributed by atoms with Crippen LogP contribution in [0.5, 0.6) is 11.5 Å². The van der Waals surface area contributed by atoms with E-state index in [4.69, 9.17) is 9.47 Å². The summed E-state index contributed by atoms with van der Waals surface area (Å²) in [5.41, 5.74) is 2.46. The molecule has 0 aliphatic carbocycles. The number of thioether (sulfide) groups is 4. The number of rotatable bonds is 7. The van der Waals surface area contributed by atoms with Crippen molar-refractivity contribution in [1.29, 1.82) is 0 Å². The predicted octanol–water partition coefficient (Wildman–Crippen LogP) is 8.16. The van der Waals surface area contributed by atoms with Crippen LogP contribution in [0.4, 0.5) is 0 Å². The standard InChI is InChI=1S/C23H24O2S4/c1-15(22(26-5)17-6-10-19(24-3)11-7-17)27-14-21-28-16(2)23(29-21)18-8-12-20(25-4)13-9-18/h6-14H,1-5H3/b21-14+,22-15-. The van der Waals surface area contributed by atoms with Crippen LogP contribution in [0.3, 0.4) is 0 Å². The zero-order chi connectivity index (χ0) is 20.8. The Hall–Kier alpha value is -1.34. The fraction of sp³-hybridized carbons (Fsp3) is 0.217. The van der Waals surface area contributed by atoms with Crippen LogP contribution >= 0.6 is 47.0 Å². The third-order valence-electron chi connectivity index (χ3n) is 4.34. The highest BCUT2D eigenvalue weighted by Gasteiger charge is 2.19. The molecule has 1 heterocycles. The Morgan fingerprint density at radius 1 is 0.897 bits per heavy atom. The summed E-state index contributed by atoms with van der Waals surface area (Å²) >= 11 is 7.26. The number of hydrogen-bond donors (Lipinski definition) is 0. The topological polar surface area (TPSA) is 18.5 Å². The summed E-state index contributed by atoms with van der Waals surface area (Å²) in [5.74, 6) is 1.77. The highest BCUT2D eigenvalue weighted by Crippen LogP contribution is 2.54. The maximum atomic E-state index is 5.27. The van der Waals surface area contributed by atoms with Gasteiger partial charge in [0.05, 0.1) is 18.5 Å².